The van der Waals surface area contributed by atoms with Gasteiger partial charge in [0, 0.05) is 18.7 Å². The van der Waals surface area contributed by atoms with Crippen molar-refractivity contribution in [3.63, 3.8) is 0 Å². The summed E-state index contributed by atoms with van der Waals surface area (Å²) in [6, 6.07) is 5.62. The monoisotopic (exact) mass is 311 g/mol. The van der Waals surface area contributed by atoms with E-state index in [4.69, 9.17) is 0 Å². The second-order valence-electron chi connectivity index (χ2n) is 4.67. The third kappa shape index (κ3) is 3.79. The fourth-order valence-corrected chi connectivity index (χ4v) is 3.08. The molecule has 8 heteroatoms. The van der Waals surface area contributed by atoms with Gasteiger partial charge < -0.3 is 5.32 Å². The van der Waals surface area contributed by atoms with Crippen LogP contribution in [-0.2, 0) is 19.6 Å². The van der Waals surface area contributed by atoms with Crippen LogP contribution in [0.25, 0.3) is 0 Å². The van der Waals surface area contributed by atoms with Crippen molar-refractivity contribution in [1.82, 2.24) is 10.0 Å². The highest BCUT2D eigenvalue weighted by Gasteiger charge is 2.26. The van der Waals surface area contributed by atoms with Gasteiger partial charge >= 0.3 is 0 Å². The molecule has 2 rings (SSSR count). The van der Waals surface area contributed by atoms with E-state index in [0.29, 0.717) is 18.7 Å². The van der Waals surface area contributed by atoms with Crippen LogP contribution in [0.1, 0.15) is 19.8 Å². The first-order chi connectivity index (χ1) is 9.92. The lowest BCUT2D eigenvalue weighted by atomic mass is 10.1. The summed E-state index contributed by atoms with van der Waals surface area (Å²) in [6.45, 7) is 2.02. The van der Waals surface area contributed by atoms with Gasteiger partial charge in [-0.3, -0.25) is 14.9 Å². The zero-order valence-electron chi connectivity index (χ0n) is 11.5. The highest BCUT2D eigenvalue weighted by Crippen LogP contribution is 2.17. The lowest BCUT2D eigenvalue weighted by molar-refractivity contribution is -0.133. The van der Waals surface area contributed by atoms with Crippen LogP contribution in [0.3, 0.4) is 0 Å². The molecule has 0 radical (unpaired) electrons. The Bertz CT molecular complexity index is 640. The third-order valence-electron chi connectivity index (χ3n) is 3.08. The summed E-state index contributed by atoms with van der Waals surface area (Å²) in [5.41, 5.74) is 0.625. The molecule has 7 nitrogen and oxygen atoms in total. The summed E-state index contributed by atoms with van der Waals surface area (Å²) in [7, 11) is -3.48. The van der Waals surface area contributed by atoms with Gasteiger partial charge in [-0.1, -0.05) is 6.92 Å². The minimum Gasteiger partial charge on any atom is -0.374 e. The number of carbonyl (C=O) groups is 2. The average molecular weight is 311 g/mol. The van der Waals surface area contributed by atoms with E-state index in [0.717, 1.165) is 0 Å². The van der Waals surface area contributed by atoms with Crippen molar-refractivity contribution >= 4 is 27.5 Å². The topological polar surface area (TPSA) is 104 Å². The maximum absolute atomic E-state index is 11.8. The predicted molar refractivity (Wildman–Crippen MR) is 77.1 cm³/mol. The molecule has 0 saturated carbocycles. The molecule has 0 aliphatic carbocycles. The lowest BCUT2D eigenvalue weighted by Gasteiger charge is -2.22. The first-order valence-corrected chi connectivity index (χ1v) is 8.10. The molecule has 1 heterocycles. The predicted octanol–water partition coefficient (Wildman–Crippen LogP) is 0.202. The molecule has 114 valence electrons. The largest absolute Gasteiger partial charge is 0.374 e. The van der Waals surface area contributed by atoms with Crippen molar-refractivity contribution < 1.29 is 18.0 Å². The summed E-state index contributed by atoms with van der Waals surface area (Å²) < 4.78 is 26.0. The van der Waals surface area contributed by atoms with Gasteiger partial charge in [-0.25, -0.2) is 13.1 Å². The highest BCUT2D eigenvalue weighted by molar-refractivity contribution is 7.89. The summed E-state index contributed by atoms with van der Waals surface area (Å²) in [6.07, 6.45) is 0.707. The molecule has 1 unspecified atom stereocenters. The second kappa shape index (κ2) is 6.23. The fourth-order valence-electron chi connectivity index (χ4n) is 2.04. The number of anilines is 1. The number of sulfonamides is 1. The zero-order chi connectivity index (χ0) is 15.5. The Morgan fingerprint density at radius 3 is 2.48 bits per heavy atom. The van der Waals surface area contributed by atoms with E-state index in [9.17, 15) is 18.0 Å². The Kier molecular flexibility index (Phi) is 4.59. The van der Waals surface area contributed by atoms with Gasteiger partial charge in [0.05, 0.1) is 4.90 Å². The van der Waals surface area contributed by atoms with Crippen LogP contribution in [0.2, 0.25) is 0 Å². The van der Waals surface area contributed by atoms with Crippen LogP contribution in [0.5, 0.6) is 0 Å². The molecule has 1 aromatic rings. The lowest BCUT2D eigenvalue weighted by Crippen LogP contribution is -2.47. The van der Waals surface area contributed by atoms with Crippen molar-refractivity contribution in [2.45, 2.75) is 30.7 Å². The van der Waals surface area contributed by atoms with Gasteiger partial charge in [0.1, 0.15) is 6.04 Å². The molecule has 1 aliphatic heterocycles. The van der Waals surface area contributed by atoms with E-state index < -0.39 is 16.1 Å². The standard InChI is InChI=1S/C13H17N3O4S/c1-2-14-21(19,20)10-5-3-9(4-6-10)15-11-7-8-12(17)16-13(11)18/h3-6,11,14-15H,2,7-8H2,1H3,(H,16,17,18). The number of rotatable bonds is 5. The Hall–Kier alpha value is -1.93. The summed E-state index contributed by atoms with van der Waals surface area (Å²) in [5.74, 6) is -0.638. The molecule has 3 N–H and O–H groups in total. The molecule has 1 saturated heterocycles. The molecule has 0 spiro atoms. The summed E-state index contributed by atoms with van der Waals surface area (Å²) >= 11 is 0. The maximum Gasteiger partial charge on any atom is 0.249 e. The molecule has 0 aromatic heterocycles. The minimum absolute atomic E-state index is 0.165. The molecule has 1 atom stereocenters. The van der Waals surface area contributed by atoms with Gasteiger partial charge in [-0.2, -0.15) is 0 Å². The van der Waals surface area contributed by atoms with Crippen LogP contribution >= 0.6 is 0 Å². The summed E-state index contributed by atoms with van der Waals surface area (Å²) in [4.78, 5) is 22.8. The average Bonchev–Trinajstić information content (AvgIpc) is 2.42. The molecule has 1 aliphatic rings. The molecule has 1 fully saturated rings. The number of hydrogen-bond donors (Lipinski definition) is 3. The quantitative estimate of drug-likeness (QED) is 0.674. The van der Waals surface area contributed by atoms with Crippen LogP contribution < -0.4 is 15.4 Å². The van der Waals surface area contributed by atoms with Crippen molar-refractivity contribution in [3.8, 4) is 0 Å². The number of hydrogen-bond acceptors (Lipinski definition) is 5. The Balaban J connectivity index is 2.06. The van der Waals surface area contributed by atoms with Crippen LogP contribution in [0.15, 0.2) is 29.2 Å². The van der Waals surface area contributed by atoms with E-state index in [1.54, 1.807) is 19.1 Å². The first-order valence-electron chi connectivity index (χ1n) is 6.62. The van der Waals surface area contributed by atoms with Crippen molar-refractivity contribution in [3.05, 3.63) is 24.3 Å². The van der Waals surface area contributed by atoms with E-state index in [2.05, 4.69) is 15.4 Å². The summed E-state index contributed by atoms with van der Waals surface area (Å²) in [5, 5.41) is 5.24. The molecule has 21 heavy (non-hydrogen) atoms. The van der Waals surface area contributed by atoms with E-state index in [1.165, 1.54) is 12.1 Å². The van der Waals surface area contributed by atoms with Gasteiger partial charge in [-0.15, -0.1) is 0 Å². The maximum atomic E-state index is 11.8. The smallest absolute Gasteiger partial charge is 0.249 e. The molecule has 2 amide bonds. The Labute approximate surface area is 123 Å². The van der Waals surface area contributed by atoms with Crippen LogP contribution in [-0.4, -0.2) is 32.8 Å². The third-order valence-corrected chi connectivity index (χ3v) is 4.64. The highest BCUT2D eigenvalue weighted by atomic mass is 32.2. The Morgan fingerprint density at radius 1 is 1.24 bits per heavy atom. The van der Waals surface area contributed by atoms with Crippen LogP contribution in [0.4, 0.5) is 5.69 Å². The molecular weight excluding hydrogens is 294 g/mol. The van der Waals surface area contributed by atoms with Gasteiger partial charge in [0.2, 0.25) is 21.8 Å². The van der Waals surface area contributed by atoms with E-state index in [1.807, 2.05) is 0 Å². The van der Waals surface area contributed by atoms with Gasteiger partial charge in [-0.05, 0) is 30.7 Å². The number of imide groups is 1. The Morgan fingerprint density at radius 2 is 1.90 bits per heavy atom. The fraction of sp³-hybridized carbons (Fsp3) is 0.385. The van der Waals surface area contributed by atoms with Gasteiger partial charge in [0.15, 0.2) is 0 Å². The second-order valence-corrected chi connectivity index (χ2v) is 6.44. The number of carbonyl (C=O) groups excluding carboxylic acids is 2. The van der Waals surface area contributed by atoms with Gasteiger partial charge in [0.25, 0.3) is 0 Å². The van der Waals surface area contributed by atoms with E-state index in [-0.39, 0.29) is 23.1 Å². The molecule has 1 aromatic carbocycles. The number of nitrogens with one attached hydrogen (secondary N) is 3. The zero-order valence-corrected chi connectivity index (χ0v) is 12.4. The minimum atomic E-state index is -3.48. The van der Waals surface area contributed by atoms with Crippen molar-refractivity contribution in [1.29, 1.82) is 0 Å². The van der Waals surface area contributed by atoms with Crippen molar-refractivity contribution in [2.24, 2.45) is 0 Å². The molecular formula is C13H17N3O4S. The van der Waals surface area contributed by atoms with Crippen molar-refractivity contribution in [2.75, 3.05) is 11.9 Å². The molecule has 0 bridgehead atoms. The number of piperidine rings is 1. The normalized spacial score (nSPS) is 19.2. The SMILES string of the molecule is CCNS(=O)(=O)c1ccc(NC2CCC(=O)NC2=O)cc1. The first kappa shape index (κ1) is 15.5. The number of benzene rings is 1. The van der Waals surface area contributed by atoms with Crippen LogP contribution in [0, 0.1) is 0 Å². The van der Waals surface area contributed by atoms with E-state index >= 15 is 0 Å². The number of amides is 2.